The fraction of sp³-hybridized carbons (Fsp3) is 0.214. The summed E-state index contributed by atoms with van der Waals surface area (Å²) in [5, 5.41) is 10.2. The van der Waals surface area contributed by atoms with Gasteiger partial charge in [-0.1, -0.05) is 47.7 Å². The van der Waals surface area contributed by atoms with Gasteiger partial charge in [0.1, 0.15) is 11.1 Å². The highest BCUT2D eigenvalue weighted by Crippen LogP contribution is 2.34. The number of thiazole rings is 1. The minimum Gasteiger partial charge on any atom is -0.475 e. The molecular formula is C28H21F6N5O5S2. The van der Waals surface area contributed by atoms with Crippen molar-refractivity contribution in [3.63, 3.8) is 0 Å². The number of sulfonamides is 1. The summed E-state index contributed by atoms with van der Waals surface area (Å²) >= 11 is 1.44. The number of carboxylic acid groups (broad SMARTS) is 1. The molecule has 1 aliphatic rings. The lowest BCUT2D eigenvalue weighted by Crippen LogP contribution is -2.21. The molecule has 0 aliphatic carbocycles. The lowest BCUT2D eigenvalue weighted by molar-refractivity contribution is -0.192. The van der Waals surface area contributed by atoms with E-state index in [9.17, 15) is 39.6 Å². The second-order valence-corrected chi connectivity index (χ2v) is 12.9. The van der Waals surface area contributed by atoms with Crippen LogP contribution in [0.2, 0.25) is 0 Å². The number of aromatic amines is 1. The standard InChI is InChI=1S/C26H20F3N5O3S2.C2HF3O2/c27-26(28,29)16-9-10-17-19(12-16)31-24(30-17)20(33-25-32-18-3-1-2-4-21(18)38-25)11-14-5-7-15(8-6-14)22-13-23(35)34-39(22,36)37;3-2(4,5)1(6)7/h1-10,12,20,22H,11,13H2,(H,30,31)(H,32,33)(H,34,35);(H,6,7)/t20-,22+;/m0./s1. The molecule has 1 amide bonds. The molecule has 10 nitrogen and oxygen atoms in total. The van der Waals surface area contributed by atoms with Gasteiger partial charge in [0.15, 0.2) is 5.13 Å². The zero-order valence-corrected chi connectivity index (χ0v) is 24.6. The number of anilines is 1. The van der Waals surface area contributed by atoms with E-state index in [1.807, 2.05) is 29.0 Å². The molecule has 0 saturated carbocycles. The summed E-state index contributed by atoms with van der Waals surface area (Å²) < 4.78 is 99.0. The predicted octanol–water partition coefficient (Wildman–Crippen LogP) is 6.11. The zero-order chi connectivity index (χ0) is 33.4. The highest BCUT2D eigenvalue weighted by molar-refractivity contribution is 7.90. The van der Waals surface area contributed by atoms with E-state index in [0.29, 0.717) is 28.5 Å². The first-order valence-electron chi connectivity index (χ1n) is 13.1. The van der Waals surface area contributed by atoms with Crippen molar-refractivity contribution in [2.24, 2.45) is 0 Å². The van der Waals surface area contributed by atoms with Crippen LogP contribution in [0.1, 0.15) is 40.2 Å². The highest BCUT2D eigenvalue weighted by atomic mass is 32.2. The Morgan fingerprint density at radius 1 is 1.00 bits per heavy atom. The van der Waals surface area contributed by atoms with E-state index in [0.717, 1.165) is 27.9 Å². The van der Waals surface area contributed by atoms with Crippen LogP contribution in [-0.4, -0.2) is 46.5 Å². The van der Waals surface area contributed by atoms with Crippen LogP contribution in [0.3, 0.4) is 0 Å². The third-order valence-corrected chi connectivity index (χ3v) is 9.45. The molecule has 5 aromatic rings. The number of carboxylic acids is 1. The number of aliphatic carboxylic acids is 1. The Morgan fingerprint density at radius 3 is 2.26 bits per heavy atom. The molecule has 2 atom stereocenters. The van der Waals surface area contributed by atoms with E-state index in [1.165, 1.54) is 17.4 Å². The topological polar surface area (TPSA) is 154 Å². The van der Waals surface area contributed by atoms with Gasteiger partial charge in [-0.2, -0.15) is 26.3 Å². The number of H-pyrrole nitrogens is 1. The maximum absolute atomic E-state index is 13.3. The van der Waals surface area contributed by atoms with Gasteiger partial charge in [-0.15, -0.1) is 0 Å². The summed E-state index contributed by atoms with van der Waals surface area (Å²) in [6.07, 6.45) is -9.33. The Kier molecular flexibility index (Phi) is 8.69. The maximum Gasteiger partial charge on any atom is 0.490 e. The number of carbonyl (C=O) groups excluding carboxylic acids is 1. The summed E-state index contributed by atoms with van der Waals surface area (Å²) in [5.74, 6) is -2.86. The number of benzene rings is 3. The molecular weight excluding hydrogens is 664 g/mol. The third-order valence-electron chi connectivity index (χ3n) is 6.78. The van der Waals surface area contributed by atoms with E-state index < -0.39 is 51.1 Å². The van der Waals surface area contributed by atoms with Gasteiger partial charge >= 0.3 is 18.3 Å². The van der Waals surface area contributed by atoms with Crippen LogP contribution in [0.15, 0.2) is 66.7 Å². The zero-order valence-electron chi connectivity index (χ0n) is 23.0. The summed E-state index contributed by atoms with van der Waals surface area (Å²) in [6.45, 7) is 0. The predicted molar refractivity (Wildman–Crippen MR) is 155 cm³/mol. The molecule has 0 bridgehead atoms. The van der Waals surface area contributed by atoms with Crippen molar-refractivity contribution in [2.75, 3.05) is 5.32 Å². The van der Waals surface area contributed by atoms with E-state index >= 15 is 0 Å². The smallest absolute Gasteiger partial charge is 0.475 e. The number of hydrogen-bond donors (Lipinski definition) is 4. The number of nitrogens with zero attached hydrogens (tertiary/aromatic N) is 2. The van der Waals surface area contributed by atoms with Crippen LogP contribution < -0.4 is 10.0 Å². The van der Waals surface area contributed by atoms with Crippen LogP contribution >= 0.6 is 11.3 Å². The van der Waals surface area contributed by atoms with Gasteiger partial charge in [0.25, 0.3) is 0 Å². The van der Waals surface area contributed by atoms with Gasteiger partial charge in [-0.25, -0.2) is 23.2 Å². The van der Waals surface area contributed by atoms with Crippen molar-refractivity contribution < 1.29 is 49.5 Å². The van der Waals surface area contributed by atoms with Crippen LogP contribution in [0.25, 0.3) is 21.3 Å². The van der Waals surface area contributed by atoms with Gasteiger partial charge in [-0.3, -0.25) is 9.52 Å². The van der Waals surface area contributed by atoms with Crippen molar-refractivity contribution in [3.05, 3.63) is 89.2 Å². The molecule has 4 N–H and O–H groups in total. The first kappa shape index (κ1) is 32.7. The average molecular weight is 686 g/mol. The van der Waals surface area contributed by atoms with Crippen molar-refractivity contribution in [3.8, 4) is 0 Å². The number of nitrogens with one attached hydrogen (secondary N) is 3. The minimum atomic E-state index is -5.08. The number of fused-ring (bicyclic) bond motifs is 2. The molecule has 18 heteroatoms. The number of carbonyl (C=O) groups is 2. The molecule has 3 heterocycles. The molecule has 1 aliphatic heterocycles. The number of alkyl halides is 6. The summed E-state index contributed by atoms with van der Waals surface area (Å²) in [7, 11) is -3.76. The first-order chi connectivity index (χ1) is 21.5. The Morgan fingerprint density at radius 2 is 1.67 bits per heavy atom. The lowest BCUT2D eigenvalue weighted by Gasteiger charge is -2.17. The molecule has 0 unspecified atom stereocenters. The summed E-state index contributed by atoms with van der Waals surface area (Å²) in [4.78, 5) is 32.7. The molecule has 0 radical (unpaired) electrons. The van der Waals surface area contributed by atoms with E-state index in [1.54, 1.807) is 24.3 Å². The molecule has 242 valence electrons. The van der Waals surface area contributed by atoms with E-state index in [2.05, 4.69) is 20.3 Å². The maximum atomic E-state index is 13.3. The number of imidazole rings is 1. The number of halogens is 6. The monoisotopic (exact) mass is 685 g/mol. The quantitative estimate of drug-likeness (QED) is 0.156. The largest absolute Gasteiger partial charge is 0.490 e. The minimum absolute atomic E-state index is 0.137. The van der Waals surface area contributed by atoms with Crippen LogP contribution in [0.5, 0.6) is 0 Å². The van der Waals surface area contributed by atoms with Crippen molar-refractivity contribution in [2.45, 2.75) is 36.5 Å². The molecule has 0 spiro atoms. The number of para-hydroxylation sites is 1. The van der Waals surface area contributed by atoms with Crippen LogP contribution in [0, 0.1) is 0 Å². The number of hydrogen-bond acceptors (Lipinski definition) is 8. The lowest BCUT2D eigenvalue weighted by atomic mass is 10.0. The van der Waals surface area contributed by atoms with Crippen LogP contribution in [-0.2, 0) is 32.2 Å². The first-order valence-corrected chi connectivity index (χ1v) is 15.5. The fourth-order valence-electron chi connectivity index (χ4n) is 4.62. The van der Waals surface area contributed by atoms with Gasteiger partial charge in [0, 0.05) is 0 Å². The molecule has 3 aromatic carbocycles. The van der Waals surface area contributed by atoms with Crippen molar-refractivity contribution >= 4 is 59.6 Å². The van der Waals surface area contributed by atoms with Gasteiger partial charge in [-0.05, 0) is 47.9 Å². The second kappa shape index (κ2) is 12.2. The summed E-state index contributed by atoms with van der Waals surface area (Å²) in [6, 6.07) is 17.4. The Balaban J connectivity index is 0.000000537. The Bertz CT molecular complexity index is 1990. The van der Waals surface area contributed by atoms with Crippen molar-refractivity contribution in [1.29, 1.82) is 0 Å². The highest BCUT2D eigenvalue weighted by Gasteiger charge is 2.39. The Labute approximate surface area is 259 Å². The van der Waals surface area contributed by atoms with Gasteiger partial charge in [0.05, 0.1) is 39.3 Å². The number of rotatable bonds is 6. The average Bonchev–Trinajstić information content (AvgIpc) is 3.65. The van der Waals surface area contributed by atoms with Gasteiger partial charge in [0.2, 0.25) is 15.9 Å². The third kappa shape index (κ3) is 7.39. The van der Waals surface area contributed by atoms with E-state index in [-0.39, 0.29) is 11.9 Å². The van der Waals surface area contributed by atoms with Crippen LogP contribution in [0.4, 0.5) is 31.5 Å². The summed E-state index contributed by atoms with van der Waals surface area (Å²) in [5.41, 5.74) is 2.02. The molecule has 1 saturated heterocycles. The number of aromatic nitrogens is 3. The van der Waals surface area contributed by atoms with E-state index in [4.69, 9.17) is 9.90 Å². The SMILES string of the molecule is O=C(O)C(F)(F)F.O=C1C[C@H](c2ccc(C[C@H](Nc3nc4ccccc4s3)c3nc4ccc(C(F)(F)F)cc4[nH]3)cc2)S(=O)(=O)N1. The molecule has 46 heavy (non-hydrogen) atoms. The normalized spacial score (nSPS) is 16.9. The fourth-order valence-corrected chi connectivity index (χ4v) is 6.97. The second-order valence-electron chi connectivity index (χ2n) is 10.0. The van der Waals surface area contributed by atoms with Gasteiger partial charge < -0.3 is 15.4 Å². The Hall–Kier alpha value is -4.71. The molecule has 2 aromatic heterocycles. The molecule has 1 fully saturated rings. The molecule has 6 rings (SSSR count). The number of amides is 1. The van der Waals surface area contributed by atoms with Crippen molar-refractivity contribution in [1.82, 2.24) is 19.7 Å².